The van der Waals surface area contributed by atoms with Crippen molar-refractivity contribution in [2.75, 3.05) is 5.73 Å². The first-order chi connectivity index (χ1) is 8.33. The van der Waals surface area contributed by atoms with Gasteiger partial charge in [0.15, 0.2) is 0 Å². The molecule has 1 nitrogen and oxygen atoms in total. The van der Waals surface area contributed by atoms with E-state index >= 15 is 0 Å². The molecule has 88 valence electrons. The Bertz CT molecular complexity index is 488. The van der Waals surface area contributed by atoms with Crippen LogP contribution >= 0.6 is 0 Å². The Morgan fingerprint density at radius 3 is 2.24 bits per heavy atom. The van der Waals surface area contributed by atoms with E-state index in [1.807, 2.05) is 18.2 Å². The molecule has 0 fully saturated rings. The summed E-state index contributed by atoms with van der Waals surface area (Å²) >= 11 is 0. The second kappa shape index (κ2) is 5.53. The zero-order chi connectivity index (χ0) is 12.1. The normalized spacial score (nSPS) is 10.4. The lowest BCUT2D eigenvalue weighted by Crippen LogP contribution is -1.94. The van der Waals surface area contributed by atoms with Crippen molar-refractivity contribution in [3.63, 3.8) is 0 Å². The molecular formula is C16H19N. The lowest BCUT2D eigenvalue weighted by atomic mass is 9.95. The summed E-state index contributed by atoms with van der Waals surface area (Å²) in [6, 6.07) is 16.6. The maximum Gasteiger partial charge on any atom is 0.0393 e. The molecule has 0 radical (unpaired) electrons. The van der Waals surface area contributed by atoms with Gasteiger partial charge in [0, 0.05) is 11.3 Å². The summed E-state index contributed by atoms with van der Waals surface area (Å²) in [5, 5.41) is 0. The Hall–Kier alpha value is -1.76. The molecule has 0 amide bonds. The summed E-state index contributed by atoms with van der Waals surface area (Å²) < 4.78 is 0. The maximum absolute atomic E-state index is 6.05. The van der Waals surface area contributed by atoms with Crippen LogP contribution in [-0.2, 0) is 6.42 Å². The molecule has 2 aromatic carbocycles. The number of hydrogen-bond donors (Lipinski definition) is 1. The smallest absolute Gasteiger partial charge is 0.0393 e. The summed E-state index contributed by atoms with van der Waals surface area (Å²) in [5.41, 5.74) is 10.7. The SMILES string of the molecule is CCCCc1ccccc1-c1ccccc1N. The molecule has 0 aliphatic carbocycles. The Morgan fingerprint density at radius 2 is 1.53 bits per heavy atom. The molecule has 0 spiro atoms. The third kappa shape index (κ3) is 2.68. The molecule has 2 rings (SSSR count). The monoisotopic (exact) mass is 225 g/mol. The molecule has 0 unspecified atom stereocenters. The maximum atomic E-state index is 6.05. The number of nitrogens with two attached hydrogens (primary N) is 1. The largest absolute Gasteiger partial charge is 0.398 e. The van der Waals surface area contributed by atoms with E-state index in [-0.39, 0.29) is 0 Å². The lowest BCUT2D eigenvalue weighted by molar-refractivity contribution is 0.796. The van der Waals surface area contributed by atoms with Crippen molar-refractivity contribution in [3.05, 3.63) is 54.1 Å². The van der Waals surface area contributed by atoms with Gasteiger partial charge in [-0.15, -0.1) is 0 Å². The predicted molar refractivity (Wildman–Crippen MR) is 74.9 cm³/mol. The minimum Gasteiger partial charge on any atom is -0.398 e. The van der Waals surface area contributed by atoms with Gasteiger partial charge in [-0.1, -0.05) is 55.8 Å². The van der Waals surface area contributed by atoms with Crippen LogP contribution in [-0.4, -0.2) is 0 Å². The van der Waals surface area contributed by atoms with Crippen LogP contribution in [0.1, 0.15) is 25.3 Å². The fourth-order valence-corrected chi connectivity index (χ4v) is 2.11. The molecular weight excluding hydrogens is 206 g/mol. The number of aryl methyl sites for hydroxylation is 1. The number of nitrogen functional groups attached to an aromatic ring is 1. The van der Waals surface area contributed by atoms with E-state index in [2.05, 4.69) is 37.3 Å². The first-order valence-electron chi connectivity index (χ1n) is 6.25. The molecule has 0 heterocycles. The Morgan fingerprint density at radius 1 is 0.882 bits per heavy atom. The Kier molecular flexibility index (Phi) is 3.81. The second-order valence-corrected chi connectivity index (χ2v) is 4.35. The van der Waals surface area contributed by atoms with E-state index in [4.69, 9.17) is 5.73 Å². The van der Waals surface area contributed by atoms with Crippen LogP contribution in [0.5, 0.6) is 0 Å². The van der Waals surface area contributed by atoms with E-state index in [1.54, 1.807) is 0 Å². The molecule has 0 bridgehead atoms. The fraction of sp³-hybridized carbons (Fsp3) is 0.250. The highest BCUT2D eigenvalue weighted by molar-refractivity contribution is 5.78. The first-order valence-corrected chi connectivity index (χ1v) is 6.25. The van der Waals surface area contributed by atoms with E-state index < -0.39 is 0 Å². The van der Waals surface area contributed by atoms with Crippen molar-refractivity contribution in [3.8, 4) is 11.1 Å². The molecule has 0 saturated heterocycles. The van der Waals surface area contributed by atoms with E-state index in [0.29, 0.717) is 0 Å². The Labute approximate surface area is 103 Å². The zero-order valence-corrected chi connectivity index (χ0v) is 10.3. The highest BCUT2D eigenvalue weighted by Crippen LogP contribution is 2.29. The van der Waals surface area contributed by atoms with Crippen LogP contribution in [0.25, 0.3) is 11.1 Å². The van der Waals surface area contributed by atoms with Crippen molar-refractivity contribution in [2.24, 2.45) is 0 Å². The van der Waals surface area contributed by atoms with Crippen LogP contribution in [0.15, 0.2) is 48.5 Å². The third-order valence-corrected chi connectivity index (χ3v) is 3.07. The van der Waals surface area contributed by atoms with Gasteiger partial charge in [0.05, 0.1) is 0 Å². The van der Waals surface area contributed by atoms with E-state index in [9.17, 15) is 0 Å². The summed E-state index contributed by atoms with van der Waals surface area (Å²) in [5.74, 6) is 0. The van der Waals surface area contributed by atoms with Crippen molar-refractivity contribution < 1.29 is 0 Å². The van der Waals surface area contributed by atoms with Gasteiger partial charge >= 0.3 is 0 Å². The van der Waals surface area contributed by atoms with Gasteiger partial charge in [-0.2, -0.15) is 0 Å². The van der Waals surface area contributed by atoms with E-state index in [1.165, 1.54) is 24.0 Å². The van der Waals surface area contributed by atoms with Gasteiger partial charge in [-0.05, 0) is 30.0 Å². The summed E-state index contributed by atoms with van der Waals surface area (Å²) in [7, 11) is 0. The molecule has 0 atom stereocenters. The quantitative estimate of drug-likeness (QED) is 0.772. The molecule has 2 N–H and O–H groups in total. The third-order valence-electron chi connectivity index (χ3n) is 3.07. The van der Waals surface area contributed by atoms with Crippen LogP contribution in [0, 0.1) is 0 Å². The fourth-order valence-electron chi connectivity index (χ4n) is 2.11. The van der Waals surface area contributed by atoms with Gasteiger partial charge in [-0.25, -0.2) is 0 Å². The minimum absolute atomic E-state index is 0.858. The molecule has 0 aliphatic rings. The summed E-state index contributed by atoms with van der Waals surface area (Å²) in [6.07, 6.45) is 3.57. The van der Waals surface area contributed by atoms with Crippen molar-refractivity contribution >= 4 is 5.69 Å². The number of benzene rings is 2. The molecule has 0 saturated carbocycles. The molecule has 2 aromatic rings. The number of para-hydroxylation sites is 1. The Balaban J connectivity index is 2.41. The molecule has 0 aromatic heterocycles. The van der Waals surface area contributed by atoms with Gasteiger partial charge in [0.25, 0.3) is 0 Å². The van der Waals surface area contributed by atoms with Crippen LogP contribution in [0.4, 0.5) is 5.69 Å². The van der Waals surface area contributed by atoms with Gasteiger partial charge in [-0.3, -0.25) is 0 Å². The number of anilines is 1. The zero-order valence-electron chi connectivity index (χ0n) is 10.3. The van der Waals surface area contributed by atoms with Gasteiger partial charge in [0.1, 0.15) is 0 Å². The second-order valence-electron chi connectivity index (χ2n) is 4.35. The minimum atomic E-state index is 0.858. The predicted octanol–water partition coefficient (Wildman–Crippen LogP) is 4.28. The van der Waals surface area contributed by atoms with Crippen LogP contribution in [0.3, 0.4) is 0 Å². The average Bonchev–Trinajstić information content (AvgIpc) is 2.37. The molecule has 17 heavy (non-hydrogen) atoms. The standard InChI is InChI=1S/C16H19N/c1-2-3-8-13-9-4-5-10-14(13)15-11-6-7-12-16(15)17/h4-7,9-12H,2-3,8,17H2,1H3. The highest BCUT2D eigenvalue weighted by Gasteiger charge is 2.06. The van der Waals surface area contributed by atoms with Gasteiger partial charge < -0.3 is 5.73 Å². The number of hydrogen-bond acceptors (Lipinski definition) is 1. The van der Waals surface area contributed by atoms with Crippen molar-refractivity contribution in [2.45, 2.75) is 26.2 Å². The summed E-state index contributed by atoms with van der Waals surface area (Å²) in [6.45, 7) is 2.22. The highest BCUT2D eigenvalue weighted by atomic mass is 14.6. The molecule has 0 aliphatic heterocycles. The topological polar surface area (TPSA) is 26.0 Å². The molecule has 1 heteroatoms. The average molecular weight is 225 g/mol. The van der Waals surface area contributed by atoms with Crippen LogP contribution < -0.4 is 5.73 Å². The van der Waals surface area contributed by atoms with Crippen molar-refractivity contribution in [1.29, 1.82) is 0 Å². The van der Waals surface area contributed by atoms with Crippen molar-refractivity contribution in [1.82, 2.24) is 0 Å². The number of rotatable bonds is 4. The first kappa shape index (κ1) is 11.7. The van der Waals surface area contributed by atoms with Crippen LogP contribution in [0.2, 0.25) is 0 Å². The lowest BCUT2D eigenvalue weighted by Gasteiger charge is -2.11. The van der Waals surface area contributed by atoms with Gasteiger partial charge in [0.2, 0.25) is 0 Å². The summed E-state index contributed by atoms with van der Waals surface area (Å²) in [4.78, 5) is 0. The number of unbranched alkanes of at least 4 members (excludes halogenated alkanes) is 1. The van der Waals surface area contributed by atoms with E-state index in [0.717, 1.165) is 17.7 Å².